The molecule has 3 atom stereocenters. The van der Waals surface area contributed by atoms with Crippen LogP contribution in [0.4, 0.5) is 0 Å². The van der Waals surface area contributed by atoms with Crippen LogP contribution in [-0.4, -0.2) is 18.4 Å². The van der Waals surface area contributed by atoms with E-state index in [9.17, 15) is 9.59 Å². The molecule has 1 rings (SSSR count). The third-order valence-electron chi connectivity index (χ3n) is 3.84. The van der Waals surface area contributed by atoms with Crippen LogP contribution in [0.2, 0.25) is 0 Å². The molecule has 3 unspecified atom stereocenters. The predicted octanol–water partition coefficient (Wildman–Crippen LogP) is 2.97. The zero-order valence-electron chi connectivity index (χ0n) is 11.2. The summed E-state index contributed by atoms with van der Waals surface area (Å²) in [5.41, 5.74) is 0. The van der Waals surface area contributed by atoms with Crippen molar-refractivity contribution in [2.45, 2.75) is 52.9 Å². The Bertz CT molecular complexity index is 273. The van der Waals surface area contributed by atoms with Crippen LogP contribution in [0, 0.1) is 17.8 Å². The van der Waals surface area contributed by atoms with Crippen molar-refractivity contribution >= 4 is 11.8 Å². The van der Waals surface area contributed by atoms with Gasteiger partial charge < -0.3 is 4.74 Å². The van der Waals surface area contributed by atoms with Gasteiger partial charge in [-0.25, -0.2) is 0 Å². The minimum absolute atomic E-state index is 0.0920. The summed E-state index contributed by atoms with van der Waals surface area (Å²) < 4.78 is 4.97. The minimum Gasteiger partial charge on any atom is -0.465 e. The van der Waals surface area contributed by atoms with Crippen molar-refractivity contribution in [3.8, 4) is 0 Å². The van der Waals surface area contributed by atoms with Crippen molar-refractivity contribution < 1.29 is 14.3 Å². The summed E-state index contributed by atoms with van der Waals surface area (Å²) in [4.78, 5) is 23.9. The second-order valence-electron chi connectivity index (χ2n) is 4.90. The van der Waals surface area contributed by atoms with Crippen molar-refractivity contribution in [2.24, 2.45) is 17.8 Å². The number of ether oxygens (including phenoxy) is 1. The third kappa shape index (κ3) is 3.55. The van der Waals surface area contributed by atoms with Crippen molar-refractivity contribution in [3.63, 3.8) is 0 Å². The summed E-state index contributed by atoms with van der Waals surface area (Å²) >= 11 is 0. The maximum atomic E-state index is 12.3. The van der Waals surface area contributed by atoms with Gasteiger partial charge in [0.05, 0.1) is 6.61 Å². The van der Waals surface area contributed by atoms with Crippen molar-refractivity contribution in [1.29, 1.82) is 0 Å². The van der Waals surface area contributed by atoms with Gasteiger partial charge in [0.1, 0.15) is 11.7 Å². The quantitative estimate of drug-likeness (QED) is 0.529. The van der Waals surface area contributed by atoms with Gasteiger partial charge in [-0.15, -0.1) is 0 Å². The first-order valence-electron chi connectivity index (χ1n) is 6.84. The fourth-order valence-electron chi connectivity index (χ4n) is 2.72. The summed E-state index contributed by atoms with van der Waals surface area (Å²) in [5.74, 6) is 0.00959. The second-order valence-corrected chi connectivity index (χ2v) is 4.90. The van der Waals surface area contributed by atoms with E-state index in [1.54, 1.807) is 6.92 Å². The molecular weight excluding hydrogens is 216 g/mol. The van der Waals surface area contributed by atoms with Gasteiger partial charge in [-0.05, 0) is 38.5 Å². The van der Waals surface area contributed by atoms with Gasteiger partial charge in [-0.2, -0.15) is 0 Å². The van der Waals surface area contributed by atoms with E-state index < -0.39 is 5.92 Å². The molecule has 1 aliphatic carbocycles. The molecular formula is C14H24O3. The van der Waals surface area contributed by atoms with Crippen LogP contribution in [-0.2, 0) is 14.3 Å². The van der Waals surface area contributed by atoms with Gasteiger partial charge in [0.2, 0.25) is 0 Å². The molecule has 0 N–H and O–H groups in total. The predicted molar refractivity (Wildman–Crippen MR) is 66.5 cm³/mol. The molecule has 1 saturated carbocycles. The van der Waals surface area contributed by atoms with Crippen LogP contribution in [0.5, 0.6) is 0 Å². The average Bonchev–Trinajstić information content (AvgIpc) is 2.78. The van der Waals surface area contributed by atoms with Gasteiger partial charge in [0.15, 0.2) is 0 Å². The smallest absolute Gasteiger partial charge is 0.316 e. The standard InChI is InChI=1S/C14H24O3/c1-4-10-7-8-11(9-10)13(15)12(5-2)14(16)17-6-3/h10-12H,4-9H2,1-3H3. The fourth-order valence-corrected chi connectivity index (χ4v) is 2.72. The maximum absolute atomic E-state index is 12.3. The van der Waals surface area contributed by atoms with E-state index in [0.717, 1.165) is 25.7 Å². The van der Waals surface area contributed by atoms with E-state index in [1.807, 2.05) is 6.92 Å². The number of esters is 1. The molecule has 0 spiro atoms. The highest BCUT2D eigenvalue weighted by atomic mass is 16.5. The molecule has 1 aliphatic rings. The fraction of sp³-hybridized carbons (Fsp3) is 0.857. The Hall–Kier alpha value is -0.860. The lowest BCUT2D eigenvalue weighted by Crippen LogP contribution is -2.30. The molecule has 1 fully saturated rings. The summed E-state index contributed by atoms with van der Waals surface area (Å²) in [6, 6.07) is 0. The molecule has 0 amide bonds. The summed E-state index contributed by atoms with van der Waals surface area (Å²) in [6.45, 7) is 6.18. The van der Waals surface area contributed by atoms with Crippen molar-refractivity contribution in [2.75, 3.05) is 6.61 Å². The summed E-state index contributed by atoms with van der Waals surface area (Å²) in [7, 11) is 0. The first-order valence-corrected chi connectivity index (χ1v) is 6.84. The molecule has 0 aromatic heterocycles. The Labute approximate surface area is 104 Å². The molecule has 0 aromatic rings. The highest BCUT2D eigenvalue weighted by Gasteiger charge is 2.36. The highest BCUT2D eigenvalue weighted by molar-refractivity contribution is 6.00. The first kappa shape index (κ1) is 14.2. The Morgan fingerprint density at radius 3 is 2.41 bits per heavy atom. The van der Waals surface area contributed by atoms with Crippen molar-refractivity contribution in [3.05, 3.63) is 0 Å². The molecule has 0 heterocycles. The molecule has 0 saturated heterocycles. The van der Waals surface area contributed by atoms with Gasteiger partial charge in [-0.1, -0.05) is 20.3 Å². The highest BCUT2D eigenvalue weighted by Crippen LogP contribution is 2.35. The van der Waals surface area contributed by atoms with E-state index in [0.29, 0.717) is 18.9 Å². The summed E-state index contributed by atoms with van der Waals surface area (Å²) in [6.07, 6.45) is 4.75. The van der Waals surface area contributed by atoms with E-state index in [2.05, 4.69) is 6.92 Å². The van der Waals surface area contributed by atoms with Gasteiger partial charge >= 0.3 is 5.97 Å². The molecule has 0 aliphatic heterocycles. The average molecular weight is 240 g/mol. The van der Waals surface area contributed by atoms with Gasteiger partial charge in [0, 0.05) is 5.92 Å². The van der Waals surface area contributed by atoms with E-state index in [-0.39, 0.29) is 17.7 Å². The van der Waals surface area contributed by atoms with Gasteiger partial charge in [0.25, 0.3) is 0 Å². The van der Waals surface area contributed by atoms with Crippen LogP contribution in [0.25, 0.3) is 0 Å². The molecule has 0 aromatic carbocycles. The zero-order valence-corrected chi connectivity index (χ0v) is 11.2. The monoisotopic (exact) mass is 240 g/mol. The number of hydrogen-bond acceptors (Lipinski definition) is 3. The van der Waals surface area contributed by atoms with Crippen LogP contribution in [0.1, 0.15) is 52.9 Å². The van der Waals surface area contributed by atoms with Gasteiger partial charge in [-0.3, -0.25) is 9.59 Å². The maximum Gasteiger partial charge on any atom is 0.316 e. The van der Waals surface area contributed by atoms with Crippen molar-refractivity contribution in [1.82, 2.24) is 0 Å². The Morgan fingerprint density at radius 2 is 1.94 bits per heavy atom. The Balaban J connectivity index is 2.58. The molecule has 17 heavy (non-hydrogen) atoms. The van der Waals surface area contributed by atoms with E-state index in [4.69, 9.17) is 4.74 Å². The lowest BCUT2D eigenvalue weighted by Gasteiger charge is -2.16. The Morgan fingerprint density at radius 1 is 1.24 bits per heavy atom. The number of hydrogen-bond donors (Lipinski definition) is 0. The molecule has 98 valence electrons. The van der Waals surface area contributed by atoms with Crippen LogP contribution < -0.4 is 0 Å². The number of carbonyl (C=O) groups excluding carboxylic acids is 2. The normalized spacial score (nSPS) is 25.6. The zero-order chi connectivity index (χ0) is 12.8. The second kappa shape index (κ2) is 6.77. The Kier molecular flexibility index (Phi) is 5.66. The number of rotatable bonds is 6. The van der Waals surface area contributed by atoms with Crippen LogP contribution in [0.3, 0.4) is 0 Å². The lowest BCUT2D eigenvalue weighted by molar-refractivity contribution is -0.152. The SMILES string of the molecule is CCOC(=O)C(CC)C(=O)C1CCC(CC)C1. The molecule has 0 radical (unpaired) electrons. The largest absolute Gasteiger partial charge is 0.465 e. The topological polar surface area (TPSA) is 43.4 Å². The van der Waals surface area contributed by atoms with Crippen LogP contribution >= 0.6 is 0 Å². The van der Waals surface area contributed by atoms with E-state index >= 15 is 0 Å². The number of ketones is 1. The molecule has 0 bridgehead atoms. The van der Waals surface area contributed by atoms with Crippen LogP contribution in [0.15, 0.2) is 0 Å². The number of Topliss-reactive ketones (excluding diaryl/α,β-unsaturated/α-hetero) is 1. The molecule has 3 heteroatoms. The molecule has 3 nitrogen and oxygen atoms in total. The lowest BCUT2D eigenvalue weighted by atomic mass is 9.89. The third-order valence-corrected chi connectivity index (χ3v) is 3.84. The van der Waals surface area contributed by atoms with E-state index in [1.165, 1.54) is 0 Å². The minimum atomic E-state index is -0.532. The summed E-state index contributed by atoms with van der Waals surface area (Å²) in [5, 5.41) is 0. The first-order chi connectivity index (χ1) is 8.13. The number of carbonyl (C=O) groups is 2.